The molecule has 1 N–H and O–H groups in total. The monoisotopic (exact) mass is 265 g/mol. The Bertz CT molecular complexity index is 459. The topological polar surface area (TPSA) is 59.0 Å². The molecule has 2 atom stereocenters. The summed E-state index contributed by atoms with van der Waals surface area (Å²) in [4.78, 5) is 13.8. The number of methoxy groups -OCH3 is 1. The Balaban J connectivity index is 2.25. The number of amides is 1. The molecule has 0 bridgehead atoms. The fraction of sp³-hybridized carbons (Fsp3) is 0.500. The molecule has 0 aliphatic carbocycles. The molecule has 0 spiro atoms. The van der Waals surface area contributed by atoms with Crippen LogP contribution in [0, 0.1) is 0 Å². The molecular weight excluding hydrogens is 246 g/mol. The highest BCUT2D eigenvalue weighted by Gasteiger charge is 2.46. The van der Waals surface area contributed by atoms with Gasteiger partial charge < -0.3 is 19.5 Å². The maximum Gasteiger partial charge on any atom is 0.257 e. The lowest BCUT2D eigenvalue weighted by molar-refractivity contribution is -0.185. The van der Waals surface area contributed by atoms with Crippen molar-refractivity contribution in [2.75, 3.05) is 27.3 Å². The lowest BCUT2D eigenvalue weighted by Gasteiger charge is -2.40. The maximum atomic E-state index is 12.2. The van der Waals surface area contributed by atoms with Gasteiger partial charge in [-0.3, -0.25) is 4.79 Å². The number of nitrogens with zero attached hydrogens (tertiary/aromatic N) is 1. The van der Waals surface area contributed by atoms with E-state index in [0.717, 1.165) is 0 Å². The lowest BCUT2D eigenvalue weighted by Crippen LogP contribution is -2.56. The number of rotatable bonds is 3. The molecule has 0 saturated carbocycles. The average Bonchev–Trinajstić information content (AvgIpc) is 2.44. The van der Waals surface area contributed by atoms with Crippen LogP contribution in [0.25, 0.3) is 0 Å². The first-order valence-corrected chi connectivity index (χ1v) is 6.20. The minimum absolute atomic E-state index is 0.206. The Hall–Kier alpha value is -1.59. The third-order valence-electron chi connectivity index (χ3n) is 3.55. The van der Waals surface area contributed by atoms with Gasteiger partial charge in [0.25, 0.3) is 5.91 Å². The van der Waals surface area contributed by atoms with Gasteiger partial charge in [0.05, 0.1) is 13.7 Å². The van der Waals surface area contributed by atoms with Crippen molar-refractivity contribution < 1.29 is 19.4 Å². The van der Waals surface area contributed by atoms with E-state index in [-0.39, 0.29) is 5.91 Å². The smallest absolute Gasteiger partial charge is 0.257 e. The van der Waals surface area contributed by atoms with Gasteiger partial charge in [0, 0.05) is 13.6 Å². The van der Waals surface area contributed by atoms with Crippen molar-refractivity contribution in [2.24, 2.45) is 0 Å². The molecule has 1 heterocycles. The third kappa shape index (κ3) is 2.43. The molecule has 5 heteroatoms. The number of aliphatic hydroxyl groups excluding tert-OH is 1. The van der Waals surface area contributed by atoms with Gasteiger partial charge >= 0.3 is 0 Å². The first-order valence-electron chi connectivity index (χ1n) is 6.20. The Labute approximate surface area is 112 Å². The molecule has 0 radical (unpaired) electrons. The number of carbonyl (C=O) groups is 1. The van der Waals surface area contributed by atoms with Crippen LogP contribution in [0.1, 0.15) is 18.6 Å². The van der Waals surface area contributed by atoms with E-state index < -0.39 is 11.7 Å². The quantitative estimate of drug-likeness (QED) is 0.885. The first-order chi connectivity index (χ1) is 8.99. The summed E-state index contributed by atoms with van der Waals surface area (Å²) in [5.41, 5.74) is -0.603. The lowest BCUT2D eigenvalue weighted by atomic mass is 9.90. The largest absolute Gasteiger partial charge is 0.497 e. The van der Waals surface area contributed by atoms with Crippen molar-refractivity contribution in [3.8, 4) is 5.75 Å². The van der Waals surface area contributed by atoms with E-state index in [1.807, 2.05) is 0 Å². The summed E-state index contributed by atoms with van der Waals surface area (Å²) < 4.78 is 10.6. The van der Waals surface area contributed by atoms with Gasteiger partial charge in [-0.15, -0.1) is 0 Å². The first kappa shape index (κ1) is 13.8. The number of benzene rings is 1. The van der Waals surface area contributed by atoms with Gasteiger partial charge in [0.1, 0.15) is 11.9 Å². The average molecular weight is 265 g/mol. The fourth-order valence-corrected chi connectivity index (χ4v) is 2.24. The SMILES string of the molecule is COc1ccc(C(O)C2(C)OCCN(C)C2=O)cc1. The number of morpholine rings is 1. The van der Waals surface area contributed by atoms with Crippen LogP contribution in [0.4, 0.5) is 0 Å². The van der Waals surface area contributed by atoms with E-state index >= 15 is 0 Å². The Morgan fingerprint density at radius 2 is 2.05 bits per heavy atom. The van der Waals surface area contributed by atoms with Crippen LogP contribution in [0.3, 0.4) is 0 Å². The van der Waals surface area contributed by atoms with Crippen molar-refractivity contribution in [2.45, 2.75) is 18.6 Å². The summed E-state index contributed by atoms with van der Waals surface area (Å²) in [6, 6.07) is 6.97. The van der Waals surface area contributed by atoms with Crippen LogP contribution in [0.2, 0.25) is 0 Å². The summed E-state index contributed by atoms with van der Waals surface area (Å²) in [5.74, 6) is 0.496. The van der Waals surface area contributed by atoms with Gasteiger partial charge in [-0.2, -0.15) is 0 Å². The van der Waals surface area contributed by atoms with Gasteiger partial charge in [-0.1, -0.05) is 12.1 Å². The van der Waals surface area contributed by atoms with Crippen molar-refractivity contribution in [1.82, 2.24) is 4.90 Å². The highest BCUT2D eigenvalue weighted by atomic mass is 16.5. The zero-order valence-electron chi connectivity index (χ0n) is 11.4. The van der Waals surface area contributed by atoms with Crippen LogP contribution >= 0.6 is 0 Å². The molecule has 1 fully saturated rings. The fourth-order valence-electron chi connectivity index (χ4n) is 2.24. The maximum absolute atomic E-state index is 12.2. The predicted octanol–water partition coefficient (Wildman–Crippen LogP) is 0.976. The highest BCUT2D eigenvalue weighted by Crippen LogP contribution is 2.33. The van der Waals surface area contributed by atoms with Crippen molar-refractivity contribution in [3.63, 3.8) is 0 Å². The minimum atomic E-state index is -1.23. The van der Waals surface area contributed by atoms with Crippen LogP contribution in [-0.4, -0.2) is 48.8 Å². The minimum Gasteiger partial charge on any atom is -0.497 e. The normalized spacial score (nSPS) is 25.3. The second-order valence-electron chi connectivity index (χ2n) is 4.86. The van der Waals surface area contributed by atoms with Crippen LogP contribution in [0.5, 0.6) is 5.75 Å². The number of carbonyl (C=O) groups excluding carboxylic acids is 1. The van der Waals surface area contributed by atoms with E-state index in [0.29, 0.717) is 24.5 Å². The molecular formula is C14H19NO4. The molecule has 5 nitrogen and oxygen atoms in total. The number of hydrogen-bond donors (Lipinski definition) is 1. The second kappa shape index (κ2) is 5.19. The number of ether oxygens (including phenoxy) is 2. The van der Waals surface area contributed by atoms with E-state index in [1.165, 1.54) is 0 Å². The van der Waals surface area contributed by atoms with E-state index in [9.17, 15) is 9.90 Å². The Kier molecular flexibility index (Phi) is 3.78. The van der Waals surface area contributed by atoms with Gasteiger partial charge in [-0.25, -0.2) is 0 Å². The van der Waals surface area contributed by atoms with Crippen molar-refractivity contribution >= 4 is 5.91 Å². The molecule has 1 aromatic carbocycles. The summed E-state index contributed by atoms with van der Waals surface area (Å²) in [6.07, 6.45) is -1.01. The zero-order chi connectivity index (χ0) is 14.0. The Morgan fingerprint density at radius 3 is 2.63 bits per heavy atom. The second-order valence-corrected chi connectivity index (χ2v) is 4.86. The molecule has 1 aliphatic rings. The molecule has 1 aliphatic heterocycles. The van der Waals surface area contributed by atoms with Crippen LogP contribution in [0.15, 0.2) is 24.3 Å². The molecule has 1 aromatic rings. The molecule has 1 amide bonds. The Morgan fingerprint density at radius 1 is 1.42 bits per heavy atom. The number of aliphatic hydroxyl groups is 1. The molecule has 2 rings (SSSR count). The third-order valence-corrected chi connectivity index (χ3v) is 3.55. The van der Waals surface area contributed by atoms with E-state index in [1.54, 1.807) is 50.2 Å². The zero-order valence-corrected chi connectivity index (χ0v) is 11.4. The van der Waals surface area contributed by atoms with E-state index in [2.05, 4.69) is 0 Å². The van der Waals surface area contributed by atoms with Gasteiger partial charge in [0.2, 0.25) is 0 Å². The summed E-state index contributed by atoms with van der Waals surface area (Å²) in [6.45, 7) is 2.59. The van der Waals surface area contributed by atoms with Crippen LogP contribution in [-0.2, 0) is 9.53 Å². The summed E-state index contributed by atoms with van der Waals surface area (Å²) in [5, 5.41) is 10.4. The molecule has 19 heavy (non-hydrogen) atoms. The summed E-state index contributed by atoms with van der Waals surface area (Å²) >= 11 is 0. The van der Waals surface area contributed by atoms with E-state index in [4.69, 9.17) is 9.47 Å². The summed E-state index contributed by atoms with van der Waals surface area (Å²) in [7, 11) is 3.29. The van der Waals surface area contributed by atoms with Gasteiger partial charge in [0.15, 0.2) is 5.60 Å². The molecule has 0 aromatic heterocycles. The number of likely N-dealkylation sites (N-methyl/N-ethyl adjacent to an activating group) is 1. The highest BCUT2D eigenvalue weighted by molar-refractivity contribution is 5.86. The predicted molar refractivity (Wildman–Crippen MR) is 69.9 cm³/mol. The number of hydrogen-bond acceptors (Lipinski definition) is 4. The molecule has 1 saturated heterocycles. The van der Waals surface area contributed by atoms with Crippen molar-refractivity contribution in [1.29, 1.82) is 0 Å². The van der Waals surface area contributed by atoms with Gasteiger partial charge in [-0.05, 0) is 24.6 Å². The van der Waals surface area contributed by atoms with Crippen molar-refractivity contribution in [3.05, 3.63) is 29.8 Å². The standard InChI is InChI=1S/C14H19NO4/c1-14(13(17)15(2)8-9-19-14)12(16)10-4-6-11(18-3)7-5-10/h4-7,12,16H,8-9H2,1-3H3. The molecule has 2 unspecified atom stereocenters. The molecule has 104 valence electrons. The van der Waals surface area contributed by atoms with Crippen LogP contribution < -0.4 is 4.74 Å².